The van der Waals surface area contributed by atoms with Gasteiger partial charge in [0.25, 0.3) is 0 Å². The third-order valence-electron chi connectivity index (χ3n) is 2.99. The van der Waals surface area contributed by atoms with Crippen LogP contribution in [0.4, 0.5) is 5.00 Å². The van der Waals surface area contributed by atoms with Crippen molar-refractivity contribution in [2.24, 2.45) is 11.1 Å². The van der Waals surface area contributed by atoms with Crippen LogP contribution in [0.15, 0.2) is 5.38 Å². The Kier molecular flexibility index (Phi) is 3.62. The molecule has 102 valence electrons. The Hall–Kier alpha value is -1.43. The third kappa shape index (κ3) is 2.94. The summed E-state index contributed by atoms with van der Waals surface area (Å²) in [5.41, 5.74) is 1.31. The van der Waals surface area contributed by atoms with Crippen LogP contribution in [-0.2, 0) is 14.8 Å². The summed E-state index contributed by atoms with van der Waals surface area (Å²) in [6, 6.07) is 2.08. The maximum Gasteiger partial charge on any atom is 0.228 e. The molecule has 0 radical (unpaired) electrons. The van der Waals surface area contributed by atoms with Crippen molar-refractivity contribution in [1.29, 1.82) is 5.26 Å². The number of hydrogen-bond acceptors (Lipinski definition) is 5. The first-order chi connectivity index (χ1) is 8.81. The van der Waals surface area contributed by atoms with Crippen LogP contribution in [0.5, 0.6) is 0 Å². The number of nitriles is 1. The number of anilines is 1. The van der Waals surface area contributed by atoms with Gasteiger partial charge in [0.05, 0.1) is 11.3 Å². The zero-order valence-corrected chi connectivity index (χ0v) is 11.9. The molecule has 1 unspecified atom stereocenters. The number of thiophene rings is 1. The summed E-state index contributed by atoms with van der Waals surface area (Å²) in [5, 5.41) is 16.5. The van der Waals surface area contributed by atoms with E-state index in [9.17, 15) is 13.2 Å². The minimum absolute atomic E-state index is 0.151. The zero-order valence-electron chi connectivity index (χ0n) is 10.3. The molecule has 6 nitrogen and oxygen atoms in total. The summed E-state index contributed by atoms with van der Waals surface area (Å²) in [4.78, 5) is 13.4. The fourth-order valence-electron chi connectivity index (χ4n) is 2.18. The van der Waals surface area contributed by atoms with Crippen molar-refractivity contribution in [3.05, 3.63) is 16.5 Å². The quantitative estimate of drug-likeness (QED) is 0.880. The van der Waals surface area contributed by atoms with Crippen molar-refractivity contribution in [2.75, 3.05) is 17.2 Å². The van der Waals surface area contributed by atoms with Crippen LogP contribution in [0.3, 0.4) is 0 Å². The zero-order chi connectivity index (χ0) is 14.2. The number of rotatable bonds is 3. The Morgan fingerprint density at radius 1 is 1.63 bits per heavy atom. The van der Waals surface area contributed by atoms with Crippen LogP contribution in [0.25, 0.3) is 0 Å². The van der Waals surface area contributed by atoms with Crippen molar-refractivity contribution < 1.29 is 13.2 Å². The predicted molar refractivity (Wildman–Crippen MR) is 72.2 cm³/mol. The third-order valence-corrected chi connectivity index (χ3v) is 5.04. The van der Waals surface area contributed by atoms with E-state index in [2.05, 4.69) is 6.07 Å². The minimum Gasteiger partial charge on any atom is -0.302 e. The van der Waals surface area contributed by atoms with E-state index >= 15 is 0 Å². The van der Waals surface area contributed by atoms with E-state index in [0.717, 1.165) is 5.56 Å². The van der Waals surface area contributed by atoms with Crippen LogP contribution >= 0.6 is 11.3 Å². The molecule has 0 aromatic carbocycles. The predicted octanol–water partition coefficient (Wildman–Crippen LogP) is 0.570. The molecule has 19 heavy (non-hydrogen) atoms. The van der Waals surface area contributed by atoms with Crippen molar-refractivity contribution in [3.8, 4) is 6.07 Å². The summed E-state index contributed by atoms with van der Waals surface area (Å²) < 4.78 is 22.1. The molecule has 1 fully saturated rings. The van der Waals surface area contributed by atoms with Gasteiger partial charge in [-0.15, -0.1) is 11.3 Å². The number of carbonyl (C=O) groups excluding carboxylic acids is 1. The maximum absolute atomic E-state index is 11.9. The molecular weight excluding hydrogens is 286 g/mol. The van der Waals surface area contributed by atoms with Gasteiger partial charge in [-0.3, -0.25) is 4.79 Å². The van der Waals surface area contributed by atoms with E-state index < -0.39 is 10.0 Å². The minimum atomic E-state index is -3.59. The highest BCUT2D eigenvalue weighted by atomic mass is 32.2. The Morgan fingerprint density at radius 2 is 2.32 bits per heavy atom. The molecule has 2 heterocycles. The second-order valence-corrected chi connectivity index (χ2v) is 7.13. The molecular formula is C11H13N3O3S2. The molecule has 1 atom stereocenters. The molecule has 0 spiro atoms. The Morgan fingerprint density at radius 3 is 2.89 bits per heavy atom. The highest BCUT2D eigenvalue weighted by Crippen LogP contribution is 2.35. The normalized spacial score (nSPS) is 19.7. The van der Waals surface area contributed by atoms with Gasteiger partial charge in [-0.05, 0) is 17.9 Å². The van der Waals surface area contributed by atoms with Gasteiger partial charge < -0.3 is 4.90 Å². The first kappa shape index (κ1) is 14.0. The topological polar surface area (TPSA) is 104 Å². The average molecular weight is 299 g/mol. The summed E-state index contributed by atoms with van der Waals surface area (Å²) in [7, 11) is -3.59. The number of nitrogens with zero attached hydrogens (tertiary/aromatic N) is 2. The van der Waals surface area contributed by atoms with E-state index in [0.29, 0.717) is 17.1 Å². The first-order valence-corrected chi connectivity index (χ1v) is 8.20. The lowest BCUT2D eigenvalue weighted by Crippen LogP contribution is -2.27. The van der Waals surface area contributed by atoms with Crippen molar-refractivity contribution >= 4 is 32.3 Å². The molecule has 0 saturated carbocycles. The Bertz CT molecular complexity index is 657. The molecule has 0 bridgehead atoms. The van der Waals surface area contributed by atoms with Gasteiger partial charge in [-0.1, -0.05) is 0 Å². The van der Waals surface area contributed by atoms with Crippen LogP contribution in [0.2, 0.25) is 0 Å². The van der Waals surface area contributed by atoms with Crippen molar-refractivity contribution in [3.63, 3.8) is 0 Å². The van der Waals surface area contributed by atoms with Gasteiger partial charge in [0.2, 0.25) is 15.9 Å². The number of amides is 1. The average Bonchev–Trinajstić information content (AvgIpc) is 2.79. The van der Waals surface area contributed by atoms with Crippen LogP contribution in [0, 0.1) is 24.2 Å². The van der Waals surface area contributed by atoms with Gasteiger partial charge in [-0.2, -0.15) is 5.26 Å². The summed E-state index contributed by atoms with van der Waals surface area (Å²) in [6.45, 7) is 2.10. The molecule has 8 heteroatoms. The highest BCUT2D eigenvalue weighted by molar-refractivity contribution is 7.89. The van der Waals surface area contributed by atoms with Crippen LogP contribution in [0.1, 0.15) is 17.5 Å². The Balaban J connectivity index is 2.23. The molecule has 2 rings (SSSR count). The van der Waals surface area contributed by atoms with E-state index in [-0.39, 0.29) is 24.0 Å². The van der Waals surface area contributed by atoms with E-state index in [1.807, 2.05) is 5.38 Å². The van der Waals surface area contributed by atoms with Gasteiger partial charge in [0.1, 0.15) is 11.1 Å². The monoisotopic (exact) mass is 299 g/mol. The van der Waals surface area contributed by atoms with Gasteiger partial charge >= 0.3 is 0 Å². The van der Waals surface area contributed by atoms with E-state index in [1.165, 1.54) is 16.2 Å². The Labute approximate surface area is 115 Å². The van der Waals surface area contributed by atoms with Crippen molar-refractivity contribution in [2.45, 2.75) is 13.3 Å². The SMILES string of the molecule is Cc1csc(N2CC(CS(N)(=O)=O)CC2=O)c1C#N. The number of sulfonamides is 1. The number of carbonyl (C=O) groups is 1. The lowest BCUT2D eigenvalue weighted by atomic mass is 10.1. The maximum atomic E-state index is 11.9. The molecule has 0 aliphatic carbocycles. The molecule has 1 aromatic heterocycles. The molecule has 1 amide bonds. The smallest absolute Gasteiger partial charge is 0.228 e. The molecule has 1 aliphatic rings. The second kappa shape index (κ2) is 4.92. The highest BCUT2D eigenvalue weighted by Gasteiger charge is 2.34. The van der Waals surface area contributed by atoms with Crippen LogP contribution in [-0.4, -0.2) is 26.6 Å². The number of nitrogens with two attached hydrogens (primary N) is 1. The summed E-state index contributed by atoms with van der Waals surface area (Å²) >= 11 is 1.32. The van der Waals surface area contributed by atoms with Crippen LogP contribution < -0.4 is 10.0 Å². The fourth-order valence-corrected chi connectivity index (χ4v) is 4.10. The lowest BCUT2D eigenvalue weighted by molar-refractivity contribution is -0.117. The standard InChI is InChI=1S/C11H13N3O3S2/c1-7-5-18-11(9(7)3-12)14-4-8(2-10(14)15)6-19(13,16)17/h5,8H,2,4,6H2,1H3,(H2,13,16,17). The molecule has 2 N–H and O–H groups in total. The van der Waals surface area contributed by atoms with E-state index in [1.54, 1.807) is 6.92 Å². The summed E-state index contributed by atoms with van der Waals surface area (Å²) in [6.07, 6.45) is 0.151. The number of hydrogen-bond donors (Lipinski definition) is 1. The van der Waals surface area contributed by atoms with Gasteiger partial charge in [0.15, 0.2) is 0 Å². The molecule has 1 aliphatic heterocycles. The van der Waals surface area contributed by atoms with Gasteiger partial charge in [0, 0.05) is 18.9 Å². The van der Waals surface area contributed by atoms with Gasteiger partial charge in [-0.25, -0.2) is 13.6 Å². The largest absolute Gasteiger partial charge is 0.302 e. The molecule has 1 aromatic rings. The molecule has 1 saturated heterocycles. The lowest BCUT2D eigenvalue weighted by Gasteiger charge is -2.14. The van der Waals surface area contributed by atoms with E-state index in [4.69, 9.17) is 10.4 Å². The number of aryl methyl sites for hydroxylation is 1. The number of primary sulfonamides is 1. The summed E-state index contributed by atoms with van der Waals surface area (Å²) in [5.74, 6) is -0.676. The fraction of sp³-hybridized carbons (Fsp3) is 0.455. The first-order valence-electron chi connectivity index (χ1n) is 5.61. The second-order valence-electron chi connectivity index (χ2n) is 4.61. The van der Waals surface area contributed by atoms with Crippen molar-refractivity contribution in [1.82, 2.24) is 0 Å².